The van der Waals surface area contributed by atoms with Crippen molar-refractivity contribution in [2.45, 2.75) is 6.92 Å². The van der Waals surface area contributed by atoms with Gasteiger partial charge in [0.1, 0.15) is 0 Å². The van der Waals surface area contributed by atoms with Crippen molar-refractivity contribution in [3.63, 3.8) is 0 Å². The number of H-pyrrole nitrogens is 1. The van der Waals surface area contributed by atoms with Crippen molar-refractivity contribution in [2.75, 3.05) is 31.1 Å². The highest BCUT2D eigenvalue weighted by atomic mass is 35.5. The number of benzene rings is 2. The number of azo groups is 1. The monoisotopic (exact) mass is 413 g/mol. The number of aromatic nitrogens is 1. The van der Waals surface area contributed by atoms with E-state index < -0.39 is 0 Å². The zero-order valence-corrected chi connectivity index (χ0v) is 17.0. The molecule has 2 aromatic carbocycles. The second kappa shape index (κ2) is 7.77. The van der Waals surface area contributed by atoms with E-state index in [1.807, 2.05) is 4.90 Å². The molecule has 6 nitrogen and oxygen atoms in total. The highest BCUT2D eigenvalue weighted by Gasteiger charge is 2.19. The molecule has 8 heteroatoms. The van der Waals surface area contributed by atoms with Crippen LogP contribution >= 0.6 is 23.8 Å². The van der Waals surface area contributed by atoms with E-state index in [0.717, 1.165) is 31.7 Å². The van der Waals surface area contributed by atoms with Gasteiger partial charge < -0.3 is 19.9 Å². The minimum atomic E-state index is -0.0481. The predicted molar refractivity (Wildman–Crippen MR) is 117 cm³/mol. The maximum absolute atomic E-state index is 10.1. The molecule has 0 unspecified atom stereocenters. The van der Waals surface area contributed by atoms with E-state index in [0.29, 0.717) is 21.2 Å². The number of hydrogen-bond donors (Lipinski definition) is 2. The van der Waals surface area contributed by atoms with Gasteiger partial charge in [-0.15, -0.1) is 10.2 Å². The molecule has 1 fully saturated rings. The van der Waals surface area contributed by atoms with E-state index in [-0.39, 0.29) is 5.88 Å². The Balaban J connectivity index is 1.43. The quantitative estimate of drug-likeness (QED) is 0.457. The molecule has 0 amide bonds. The van der Waals surface area contributed by atoms with Gasteiger partial charge in [-0.3, -0.25) is 0 Å². The Morgan fingerprint density at radius 2 is 1.82 bits per heavy atom. The molecule has 1 aromatic heterocycles. The summed E-state index contributed by atoms with van der Waals surface area (Å²) in [6.07, 6.45) is 0. The SMILES string of the molecule is Cc1ccc(N2CCN(C(=S)N=Nc3c(O)[nH]c4ccc(Cl)cc34)CC2)cc1. The standard InChI is InChI=1S/C20H20ClN5OS/c1-13-2-5-15(6-3-13)25-8-10-26(11-9-25)20(28)24-23-18-16-12-14(21)4-7-17(16)22-19(18)27/h2-7,12,22,27H,8-11H2,1H3. The molecule has 0 radical (unpaired) electrons. The zero-order chi connectivity index (χ0) is 19.7. The Labute approximate surface area is 173 Å². The molecule has 1 saturated heterocycles. The first-order chi connectivity index (χ1) is 13.5. The molecule has 0 aliphatic carbocycles. The van der Waals surface area contributed by atoms with E-state index in [4.69, 9.17) is 23.8 Å². The van der Waals surface area contributed by atoms with Gasteiger partial charge in [0.15, 0.2) is 5.69 Å². The lowest BCUT2D eigenvalue weighted by Crippen LogP contribution is -2.47. The summed E-state index contributed by atoms with van der Waals surface area (Å²) in [5.41, 5.74) is 3.57. The number of anilines is 1. The zero-order valence-electron chi connectivity index (χ0n) is 15.4. The molecule has 0 atom stereocenters. The Kier molecular flexibility index (Phi) is 5.19. The van der Waals surface area contributed by atoms with Crippen LogP contribution in [0.15, 0.2) is 52.7 Å². The molecule has 2 heterocycles. The minimum Gasteiger partial charge on any atom is -0.493 e. The Morgan fingerprint density at radius 3 is 2.54 bits per heavy atom. The van der Waals surface area contributed by atoms with Gasteiger partial charge in [0.25, 0.3) is 0 Å². The minimum absolute atomic E-state index is 0.0481. The van der Waals surface area contributed by atoms with Crippen LogP contribution in [0.3, 0.4) is 0 Å². The highest BCUT2D eigenvalue weighted by molar-refractivity contribution is 7.80. The second-order valence-electron chi connectivity index (χ2n) is 6.80. The van der Waals surface area contributed by atoms with Crippen LogP contribution in [0, 0.1) is 6.92 Å². The van der Waals surface area contributed by atoms with Crippen LogP contribution < -0.4 is 4.90 Å². The van der Waals surface area contributed by atoms with Crippen molar-refractivity contribution < 1.29 is 5.11 Å². The van der Waals surface area contributed by atoms with Crippen molar-refractivity contribution in [3.8, 4) is 5.88 Å². The molecule has 28 heavy (non-hydrogen) atoms. The smallest absolute Gasteiger partial charge is 0.218 e. The van der Waals surface area contributed by atoms with Crippen LogP contribution in [0.25, 0.3) is 10.9 Å². The summed E-state index contributed by atoms with van der Waals surface area (Å²) in [5.74, 6) is -0.0481. The second-order valence-corrected chi connectivity index (χ2v) is 7.61. The van der Waals surface area contributed by atoms with Gasteiger partial charge >= 0.3 is 0 Å². The molecule has 3 aromatic rings. The summed E-state index contributed by atoms with van der Waals surface area (Å²) in [7, 11) is 0. The lowest BCUT2D eigenvalue weighted by Gasteiger charge is -2.36. The summed E-state index contributed by atoms with van der Waals surface area (Å²) >= 11 is 11.5. The van der Waals surface area contributed by atoms with Gasteiger partial charge in [0.2, 0.25) is 11.0 Å². The molecular formula is C20H20ClN5OS. The van der Waals surface area contributed by atoms with Gasteiger partial charge in [-0.1, -0.05) is 29.3 Å². The van der Waals surface area contributed by atoms with E-state index >= 15 is 0 Å². The van der Waals surface area contributed by atoms with E-state index in [1.54, 1.807) is 18.2 Å². The van der Waals surface area contributed by atoms with Crippen LogP contribution in [0.1, 0.15) is 5.56 Å². The lowest BCUT2D eigenvalue weighted by molar-refractivity contribution is 0.387. The van der Waals surface area contributed by atoms with Gasteiger partial charge in [-0.25, -0.2) is 0 Å². The van der Waals surface area contributed by atoms with Crippen molar-refractivity contribution in [1.82, 2.24) is 9.88 Å². The number of aryl methyl sites for hydroxylation is 1. The van der Waals surface area contributed by atoms with Crippen LogP contribution in [-0.4, -0.2) is 46.3 Å². The fourth-order valence-corrected chi connectivity index (χ4v) is 3.70. The summed E-state index contributed by atoms with van der Waals surface area (Å²) in [6, 6.07) is 13.8. The summed E-state index contributed by atoms with van der Waals surface area (Å²) in [6.45, 7) is 5.37. The fraction of sp³-hybridized carbons (Fsp3) is 0.250. The van der Waals surface area contributed by atoms with Crippen molar-refractivity contribution in [2.24, 2.45) is 10.2 Å². The van der Waals surface area contributed by atoms with E-state index in [2.05, 4.69) is 51.3 Å². The number of halogens is 1. The number of aromatic hydroxyl groups is 1. The van der Waals surface area contributed by atoms with E-state index in [9.17, 15) is 5.11 Å². The molecule has 0 spiro atoms. The van der Waals surface area contributed by atoms with E-state index in [1.165, 1.54) is 11.3 Å². The third-order valence-electron chi connectivity index (χ3n) is 4.90. The number of aromatic amines is 1. The number of hydrogen-bond acceptors (Lipinski definition) is 4. The summed E-state index contributed by atoms with van der Waals surface area (Å²) < 4.78 is 0. The van der Waals surface area contributed by atoms with Crippen molar-refractivity contribution >= 4 is 51.2 Å². The molecule has 1 aliphatic heterocycles. The molecule has 1 aliphatic rings. The first kappa shape index (κ1) is 18.7. The Bertz CT molecular complexity index is 1040. The van der Waals surface area contributed by atoms with Gasteiger partial charge in [0, 0.05) is 42.3 Å². The van der Waals surface area contributed by atoms with Crippen LogP contribution in [0.2, 0.25) is 5.02 Å². The number of rotatable bonds is 2. The average Bonchev–Trinajstić information content (AvgIpc) is 3.01. The molecule has 0 saturated carbocycles. The molecule has 144 valence electrons. The summed E-state index contributed by atoms with van der Waals surface area (Å²) in [5, 5.41) is 20.2. The third-order valence-corrected chi connectivity index (χ3v) is 5.47. The van der Waals surface area contributed by atoms with Crippen LogP contribution in [0.4, 0.5) is 11.4 Å². The maximum atomic E-state index is 10.1. The van der Waals surface area contributed by atoms with Gasteiger partial charge in [-0.05, 0) is 49.5 Å². The van der Waals surface area contributed by atoms with Crippen molar-refractivity contribution in [3.05, 3.63) is 53.1 Å². The van der Waals surface area contributed by atoms with Crippen LogP contribution in [0.5, 0.6) is 5.88 Å². The third kappa shape index (κ3) is 3.81. The molecule has 4 rings (SSSR count). The number of nitrogens with zero attached hydrogens (tertiary/aromatic N) is 4. The molecule has 0 bridgehead atoms. The Hall–Kier alpha value is -2.64. The maximum Gasteiger partial charge on any atom is 0.218 e. The largest absolute Gasteiger partial charge is 0.493 e. The topological polar surface area (TPSA) is 67.2 Å². The first-order valence-electron chi connectivity index (χ1n) is 9.04. The van der Waals surface area contributed by atoms with Gasteiger partial charge in [0.05, 0.1) is 5.52 Å². The van der Waals surface area contributed by atoms with Gasteiger partial charge in [-0.2, -0.15) is 0 Å². The average molecular weight is 414 g/mol. The summed E-state index contributed by atoms with van der Waals surface area (Å²) in [4.78, 5) is 7.23. The predicted octanol–water partition coefficient (Wildman–Crippen LogP) is 5.03. The first-order valence-corrected chi connectivity index (χ1v) is 9.82. The van der Waals surface area contributed by atoms with Crippen LogP contribution in [-0.2, 0) is 0 Å². The molecular weight excluding hydrogens is 394 g/mol. The Morgan fingerprint density at radius 1 is 1.11 bits per heavy atom. The number of piperazine rings is 1. The van der Waals surface area contributed by atoms with Crippen molar-refractivity contribution in [1.29, 1.82) is 0 Å². The number of fused-ring (bicyclic) bond motifs is 1. The normalized spacial score (nSPS) is 14.9. The number of nitrogens with one attached hydrogen (secondary N) is 1. The fourth-order valence-electron chi connectivity index (χ4n) is 3.30. The highest BCUT2D eigenvalue weighted by Crippen LogP contribution is 2.36. The number of thiocarbonyl (C=S) groups is 1. The molecule has 2 N–H and O–H groups in total. The lowest BCUT2D eigenvalue weighted by atomic mass is 10.2.